The van der Waals surface area contributed by atoms with Gasteiger partial charge in [0.25, 0.3) is 10.0 Å². The molecule has 5 nitrogen and oxygen atoms in total. The molecule has 1 heterocycles. The molecule has 0 spiro atoms. The molecule has 0 amide bonds. The van der Waals surface area contributed by atoms with Gasteiger partial charge in [0.1, 0.15) is 4.90 Å². The van der Waals surface area contributed by atoms with Crippen molar-refractivity contribution < 1.29 is 8.42 Å². The molecular weight excluding hydrogens is 282 g/mol. The Labute approximate surface area is 116 Å². The van der Waals surface area contributed by atoms with E-state index < -0.39 is 10.0 Å². The van der Waals surface area contributed by atoms with Crippen molar-refractivity contribution in [1.29, 1.82) is 0 Å². The van der Waals surface area contributed by atoms with E-state index in [1.165, 1.54) is 11.3 Å². The molecular formula is C12H15N3O2S2. The van der Waals surface area contributed by atoms with Crippen molar-refractivity contribution in [2.75, 3.05) is 16.6 Å². The molecule has 0 saturated carbocycles. The van der Waals surface area contributed by atoms with E-state index in [0.717, 1.165) is 5.69 Å². The van der Waals surface area contributed by atoms with Crippen molar-refractivity contribution in [3.63, 3.8) is 0 Å². The molecule has 102 valence electrons. The number of sulfonamides is 1. The van der Waals surface area contributed by atoms with Gasteiger partial charge in [-0.2, -0.15) is 0 Å². The summed E-state index contributed by atoms with van der Waals surface area (Å²) >= 11 is 1.27. The molecule has 1 aromatic carbocycles. The number of nitrogens with one attached hydrogen (secondary N) is 2. The number of para-hydroxylation sites is 1. The molecule has 0 fully saturated rings. The summed E-state index contributed by atoms with van der Waals surface area (Å²) in [6.07, 6.45) is 0. The predicted octanol–water partition coefficient (Wildman–Crippen LogP) is 2.68. The van der Waals surface area contributed by atoms with Gasteiger partial charge in [-0.1, -0.05) is 12.1 Å². The van der Waals surface area contributed by atoms with Gasteiger partial charge >= 0.3 is 0 Å². The van der Waals surface area contributed by atoms with Crippen LogP contribution in [0.3, 0.4) is 0 Å². The van der Waals surface area contributed by atoms with Crippen molar-refractivity contribution in [2.24, 2.45) is 0 Å². The minimum atomic E-state index is -3.62. The Bertz CT molecular complexity index is 665. The summed E-state index contributed by atoms with van der Waals surface area (Å²) < 4.78 is 27.1. The fraction of sp³-hybridized carbons (Fsp3) is 0.250. The van der Waals surface area contributed by atoms with Crippen molar-refractivity contribution in [3.8, 4) is 0 Å². The molecule has 7 heteroatoms. The molecule has 0 aliphatic carbocycles. The number of aromatic nitrogens is 1. The molecule has 0 atom stereocenters. The van der Waals surface area contributed by atoms with Gasteiger partial charge in [-0.15, -0.1) is 11.3 Å². The van der Waals surface area contributed by atoms with Crippen LogP contribution >= 0.6 is 11.3 Å². The van der Waals surface area contributed by atoms with Crippen LogP contribution in [-0.4, -0.2) is 19.9 Å². The summed E-state index contributed by atoms with van der Waals surface area (Å²) in [5, 5.41) is 5.22. The zero-order valence-corrected chi connectivity index (χ0v) is 12.3. The molecule has 1 aromatic heterocycles. The van der Waals surface area contributed by atoms with Crippen LogP contribution in [0.5, 0.6) is 0 Å². The van der Waals surface area contributed by atoms with Gasteiger partial charge in [0.15, 0.2) is 5.13 Å². The standard InChI is InChI=1S/C12H15N3O2S2/c1-3-13-10-6-4-5-7-11(10)19(16,17)15-12-14-9(2)8-18-12/h4-8,13H,3H2,1-2H3,(H,14,15). The average Bonchev–Trinajstić information content (AvgIpc) is 2.75. The highest BCUT2D eigenvalue weighted by Gasteiger charge is 2.19. The SMILES string of the molecule is CCNc1ccccc1S(=O)(=O)Nc1nc(C)cs1. The van der Waals surface area contributed by atoms with E-state index in [1.54, 1.807) is 29.6 Å². The number of hydrogen-bond acceptors (Lipinski definition) is 5. The number of aryl methyl sites for hydroxylation is 1. The predicted molar refractivity (Wildman–Crippen MR) is 78.3 cm³/mol. The molecule has 0 bridgehead atoms. The highest BCUT2D eigenvalue weighted by Crippen LogP contribution is 2.24. The van der Waals surface area contributed by atoms with Gasteiger partial charge in [0, 0.05) is 11.9 Å². The number of hydrogen-bond donors (Lipinski definition) is 2. The second-order valence-corrected chi connectivity index (χ2v) is 6.43. The van der Waals surface area contributed by atoms with Gasteiger partial charge in [0.2, 0.25) is 0 Å². The quantitative estimate of drug-likeness (QED) is 0.890. The molecule has 0 aliphatic rings. The molecule has 2 N–H and O–H groups in total. The van der Waals surface area contributed by atoms with Gasteiger partial charge in [-0.05, 0) is 26.0 Å². The topological polar surface area (TPSA) is 71.1 Å². The van der Waals surface area contributed by atoms with Crippen LogP contribution < -0.4 is 10.0 Å². The Morgan fingerprint density at radius 1 is 1.32 bits per heavy atom. The lowest BCUT2D eigenvalue weighted by Crippen LogP contribution is -2.15. The minimum Gasteiger partial charge on any atom is -0.384 e. The third-order valence-electron chi connectivity index (χ3n) is 2.38. The first kappa shape index (κ1) is 13.8. The Hall–Kier alpha value is -1.60. The zero-order chi connectivity index (χ0) is 13.9. The van der Waals surface area contributed by atoms with Gasteiger partial charge in [-0.25, -0.2) is 13.4 Å². The summed E-state index contributed by atoms with van der Waals surface area (Å²) in [5.41, 5.74) is 1.38. The monoisotopic (exact) mass is 297 g/mol. The molecule has 2 rings (SSSR count). The Balaban J connectivity index is 2.34. The van der Waals surface area contributed by atoms with E-state index in [-0.39, 0.29) is 4.90 Å². The van der Waals surface area contributed by atoms with Crippen molar-refractivity contribution in [2.45, 2.75) is 18.7 Å². The van der Waals surface area contributed by atoms with Crippen LogP contribution in [-0.2, 0) is 10.0 Å². The first-order chi connectivity index (χ1) is 9.03. The van der Waals surface area contributed by atoms with Crippen molar-refractivity contribution in [3.05, 3.63) is 35.3 Å². The van der Waals surface area contributed by atoms with E-state index in [1.807, 2.05) is 13.8 Å². The molecule has 0 saturated heterocycles. The highest BCUT2D eigenvalue weighted by molar-refractivity contribution is 7.93. The summed E-state index contributed by atoms with van der Waals surface area (Å²) in [6.45, 7) is 4.39. The molecule has 19 heavy (non-hydrogen) atoms. The molecule has 2 aromatic rings. The summed E-state index contributed by atoms with van der Waals surface area (Å²) in [7, 11) is -3.62. The third-order valence-corrected chi connectivity index (χ3v) is 4.79. The maximum atomic E-state index is 12.3. The number of thiazole rings is 1. The largest absolute Gasteiger partial charge is 0.384 e. The number of rotatable bonds is 5. The van der Waals surface area contributed by atoms with Crippen LogP contribution in [0, 0.1) is 6.92 Å². The van der Waals surface area contributed by atoms with E-state index >= 15 is 0 Å². The lowest BCUT2D eigenvalue weighted by atomic mass is 10.3. The van der Waals surface area contributed by atoms with Crippen LogP contribution in [0.4, 0.5) is 10.8 Å². The number of nitrogens with zero attached hydrogens (tertiary/aromatic N) is 1. The normalized spacial score (nSPS) is 11.3. The summed E-state index contributed by atoms with van der Waals surface area (Å²) in [6, 6.07) is 6.80. The smallest absolute Gasteiger partial charge is 0.265 e. The van der Waals surface area contributed by atoms with E-state index in [2.05, 4.69) is 15.0 Å². The van der Waals surface area contributed by atoms with E-state index in [9.17, 15) is 8.42 Å². The first-order valence-electron chi connectivity index (χ1n) is 5.81. The number of anilines is 2. The minimum absolute atomic E-state index is 0.227. The van der Waals surface area contributed by atoms with E-state index in [0.29, 0.717) is 17.4 Å². The van der Waals surface area contributed by atoms with Crippen molar-refractivity contribution >= 4 is 32.2 Å². The lowest BCUT2D eigenvalue weighted by molar-refractivity contribution is 0.601. The Morgan fingerprint density at radius 2 is 2.05 bits per heavy atom. The van der Waals surface area contributed by atoms with Gasteiger partial charge in [-0.3, -0.25) is 4.72 Å². The van der Waals surface area contributed by atoms with Gasteiger partial charge in [0.05, 0.1) is 11.4 Å². The maximum absolute atomic E-state index is 12.3. The second kappa shape index (κ2) is 5.58. The third kappa shape index (κ3) is 3.24. The van der Waals surface area contributed by atoms with Crippen LogP contribution in [0.25, 0.3) is 0 Å². The van der Waals surface area contributed by atoms with Crippen LogP contribution in [0.15, 0.2) is 34.5 Å². The summed E-state index contributed by atoms with van der Waals surface area (Å²) in [4.78, 5) is 4.33. The number of benzene rings is 1. The average molecular weight is 297 g/mol. The highest BCUT2D eigenvalue weighted by atomic mass is 32.2. The molecule has 0 radical (unpaired) electrons. The maximum Gasteiger partial charge on any atom is 0.265 e. The molecule has 0 aliphatic heterocycles. The molecule has 0 unspecified atom stereocenters. The fourth-order valence-electron chi connectivity index (χ4n) is 1.61. The Morgan fingerprint density at radius 3 is 2.68 bits per heavy atom. The lowest BCUT2D eigenvalue weighted by Gasteiger charge is -2.11. The second-order valence-electron chi connectivity index (χ2n) is 3.93. The first-order valence-corrected chi connectivity index (χ1v) is 8.17. The fourth-order valence-corrected chi connectivity index (χ4v) is 3.73. The van der Waals surface area contributed by atoms with Gasteiger partial charge < -0.3 is 5.32 Å². The van der Waals surface area contributed by atoms with Crippen molar-refractivity contribution in [1.82, 2.24) is 4.98 Å². The van der Waals surface area contributed by atoms with Crippen LogP contribution in [0.2, 0.25) is 0 Å². The van der Waals surface area contributed by atoms with Crippen LogP contribution in [0.1, 0.15) is 12.6 Å². The summed E-state index contributed by atoms with van der Waals surface area (Å²) in [5.74, 6) is 0. The zero-order valence-electron chi connectivity index (χ0n) is 10.7. The van der Waals surface area contributed by atoms with E-state index in [4.69, 9.17) is 0 Å². The Kier molecular flexibility index (Phi) is 4.06.